The predicted molar refractivity (Wildman–Crippen MR) is 155 cm³/mol. The van der Waals surface area contributed by atoms with Gasteiger partial charge in [0.25, 0.3) is 0 Å². The average molecular weight is 499 g/mol. The summed E-state index contributed by atoms with van der Waals surface area (Å²) in [5, 5.41) is 2.19. The van der Waals surface area contributed by atoms with Crippen molar-refractivity contribution >= 4 is 45.3 Å². The van der Waals surface area contributed by atoms with Crippen LogP contribution in [0.4, 0.5) is 23.5 Å². The molecular weight excluding hydrogens is 460 g/mol. The summed E-state index contributed by atoms with van der Waals surface area (Å²) < 4.78 is 0. The second-order valence-corrected chi connectivity index (χ2v) is 9.45. The lowest BCUT2D eigenvalue weighted by Crippen LogP contribution is -2.38. The van der Waals surface area contributed by atoms with Gasteiger partial charge in [0.15, 0.2) is 0 Å². The van der Waals surface area contributed by atoms with Crippen LogP contribution in [0.3, 0.4) is 0 Å². The second kappa shape index (κ2) is 11.2. The van der Waals surface area contributed by atoms with Crippen molar-refractivity contribution in [2.24, 2.45) is 0 Å². The fraction of sp³-hybridized carbons (Fsp3) is 0.448. The van der Waals surface area contributed by atoms with Gasteiger partial charge in [0.2, 0.25) is 11.9 Å². The molecule has 0 bridgehead atoms. The Morgan fingerprint density at radius 3 is 1.41 bits per heavy atom. The highest BCUT2D eigenvalue weighted by Gasteiger charge is 2.24. The molecule has 0 unspecified atom stereocenters. The maximum atomic E-state index is 5.14. The smallest absolute Gasteiger partial charge is 0.227 e. The molecule has 0 radical (unpaired) electrons. The first kappa shape index (κ1) is 25.0. The van der Waals surface area contributed by atoms with E-state index in [0.29, 0.717) is 0 Å². The van der Waals surface area contributed by atoms with Crippen LogP contribution in [-0.4, -0.2) is 65.9 Å². The standard InChI is InChI=1S/C29H38N8/c1-5-34(6-2)28-30-24-17-11-9-15-22(24)26(32-28)36-19-13-14-20-37(21-36)27-23-16-10-12-18-25(23)31-29(33-27)35(7-3)8-4/h9-12,15-18H,5-8,13-14,19-21H2,1-4H3. The number of fused-ring (bicyclic) bond motifs is 2. The summed E-state index contributed by atoms with van der Waals surface area (Å²) in [7, 11) is 0. The summed E-state index contributed by atoms with van der Waals surface area (Å²) in [6.07, 6.45) is 2.20. The van der Waals surface area contributed by atoms with Crippen LogP contribution >= 0.6 is 0 Å². The first-order valence-electron chi connectivity index (χ1n) is 13.7. The maximum absolute atomic E-state index is 5.14. The van der Waals surface area contributed by atoms with Gasteiger partial charge in [-0.3, -0.25) is 0 Å². The highest BCUT2D eigenvalue weighted by atomic mass is 15.4. The molecule has 0 amide bonds. The number of hydrogen-bond donors (Lipinski definition) is 0. The van der Waals surface area contributed by atoms with Crippen molar-refractivity contribution in [2.45, 2.75) is 40.5 Å². The molecule has 2 aromatic carbocycles. The molecule has 0 atom stereocenters. The number of aromatic nitrogens is 4. The zero-order chi connectivity index (χ0) is 25.8. The van der Waals surface area contributed by atoms with E-state index in [1.165, 1.54) is 0 Å². The summed E-state index contributed by atoms with van der Waals surface area (Å²) in [4.78, 5) is 29.4. The number of rotatable bonds is 8. The molecule has 194 valence electrons. The van der Waals surface area contributed by atoms with Crippen LogP contribution in [0.5, 0.6) is 0 Å². The van der Waals surface area contributed by atoms with E-state index in [0.717, 1.165) is 104 Å². The van der Waals surface area contributed by atoms with Gasteiger partial charge in [0, 0.05) is 50.0 Å². The van der Waals surface area contributed by atoms with E-state index >= 15 is 0 Å². The normalized spacial score (nSPS) is 14.3. The van der Waals surface area contributed by atoms with Crippen LogP contribution in [0.25, 0.3) is 21.8 Å². The molecule has 1 saturated heterocycles. The van der Waals surface area contributed by atoms with E-state index in [-0.39, 0.29) is 0 Å². The molecule has 0 saturated carbocycles. The Bertz CT molecular complexity index is 1250. The predicted octanol–water partition coefficient (Wildman–Crippen LogP) is 5.33. The van der Waals surface area contributed by atoms with E-state index in [4.69, 9.17) is 19.9 Å². The number of anilines is 4. The average Bonchev–Trinajstić information content (AvgIpc) is 3.20. The molecule has 1 aliphatic heterocycles. The van der Waals surface area contributed by atoms with Gasteiger partial charge in [-0.25, -0.2) is 9.97 Å². The lowest BCUT2D eigenvalue weighted by Gasteiger charge is -2.31. The van der Waals surface area contributed by atoms with Crippen LogP contribution in [0.1, 0.15) is 40.5 Å². The summed E-state index contributed by atoms with van der Waals surface area (Å²) in [6.45, 7) is 14.7. The topological polar surface area (TPSA) is 64.5 Å². The molecule has 5 rings (SSSR count). The highest BCUT2D eigenvalue weighted by molar-refractivity contribution is 5.92. The Kier molecular flexibility index (Phi) is 7.53. The van der Waals surface area contributed by atoms with E-state index < -0.39 is 0 Å². The SMILES string of the molecule is CCN(CC)c1nc(N2CCCCN(c3nc(N(CC)CC)nc4ccccc34)C2)c2ccccc2n1. The highest BCUT2D eigenvalue weighted by Crippen LogP contribution is 2.32. The fourth-order valence-electron chi connectivity index (χ4n) is 5.17. The monoisotopic (exact) mass is 498 g/mol. The molecule has 37 heavy (non-hydrogen) atoms. The van der Waals surface area contributed by atoms with Crippen molar-refractivity contribution < 1.29 is 0 Å². The number of benzene rings is 2. The lowest BCUT2D eigenvalue weighted by molar-refractivity contribution is 0.763. The van der Waals surface area contributed by atoms with E-state index in [9.17, 15) is 0 Å². The molecule has 0 N–H and O–H groups in total. The van der Waals surface area contributed by atoms with Crippen LogP contribution in [0.2, 0.25) is 0 Å². The molecule has 4 aromatic rings. The van der Waals surface area contributed by atoms with Gasteiger partial charge >= 0.3 is 0 Å². The van der Waals surface area contributed by atoms with Gasteiger partial charge in [-0.1, -0.05) is 24.3 Å². The lowest BCUT2D eigenvalue weighted by atomic mass is 10.2. The molecule has 8 heteroatoms. The number of hydrogen-bond acceptors (Lipinski definition) is 8. The molecular formula is C29H38N8. The Labute approximate surface area is 220 Å². The zero-order valence-electron chi connectivity index (χ0n) is 22.6. The van der Waals surface area contributed by atoms with Crippen LogP contribution in [0, 0.1) is 0 Å². The minimum absolute atomic E-state index is 0.720. The third-order valence-corrected chi connectivity index (χ3v) is 7.28. The molecule has 3 heterocycles. The Morgan fingerprint density at radius 2 is 1.00 bits per heavy atom. The maximum Gasteiger partial charge on any atom is 0.227 e. The number of nitrogens with zero attached hydrogens (tertiary/aromatic N) is 8. The van der Waals surface area contributed by atoms with Crippen molar-refractivity contribution in [3.05, 3.63) is 48.5 Å². The molecule has 1 fully saturated rings. The van der Waals surface area contributed by atoms with Crippen molar-refractivity contribution in [3.63, 3.8) is 0 Å². The third-order valence-electron chi connectivity index (χ3n) is 7.28. The summed E-state index contributed by atoms with van der Waals surface area (Å²) in [6, 6.07) is 16.7. The fourth-order valence-corrected chi connectivity index (χ4v) is 5.17. The van der Waals surface area contributed by atoms with E-state index in [2.05, 4.69) is 95.8 Å². The van der Waals surface area contributed by atoms with Gasteiger partial charge in [-0.05, 0) is 64.8 Å². The molecule has 2 aromatic heterocycles. The molecule has 0 aliphatic carbocycles. The molecule has 1 aliphatic rings. The largest absolute Gasteiger partial charge is 0.341 e. The van der Waals surface area contributed by atoms with Crippen molar-refractivity contribution in [3.8, 4) is 0 Å². The Morgan fingerprint density at radius 1 is 0.595 bits per heavy atom. The van der Waals surface area contributed by atoms with Gasteiger partial charge in [0.1, 0.15) is 11.6 Å². The summed E-state index contributed by atoms with van der Waals surface area (Å²) >= 11 is 0. The number of para-hydroxylation sites is 2. The van der Waals surface area contributed by atoms with Crippen LogP contribution < -0.4 is 19.6 Å². The van der Waals surface area contributed by atoms with Gasteiger partial charge in [0.05, 0.1) is 17.7 Å². The van der Waals surface area contributed by atoms with Gasteiger partial charge in [-0.2, -0.15) is 9.97 Å². The van der Waals surface area contributed by atoms with Gasteiger partial charge < -0.3 is 19.6 Å². The van der Waals surface area contributed by atoms with Crippen LogP contribution in [0.15, 0.2) is 48.5 Å². The van der Waals surface area contributed by atoms with E-state index in [1.807, 2.05) is 0 Å². The quantitative estimate of drug-likeness (QED) is 0.323. The first-order valence-corrected chi connectivity index (χ1v) is 13.7. The minimum Gasteiger partial charge on any atom is -0.341 e. The Hall–Kier alpha value is -3.68. The van der Waals surface area contributed by atoms with Gasteiger partial charge in [-0.15, -0.1) is 0 Å². The summed E-state index contributed by atoms with van der Waals surface area (Å²) in [5.41, 5.74) is 1.98. The summed E-state index contributed by atoms with van der Waals surface area (Å²) in [5.74, 6) is 3.60. The van der Waals surface area contributed by atoms with Crippen LogP contribution in [-0.2, 0) is 0 Å². The molecule has 0 spiro atoms. The third kappa shape index (κ3) is 4.97. The van der Waals surface area contributed by atoms with Crippen molar-refractivity contribution in [2.75, 3.05) is 65.5 Å². The second-order valence-electron chi connectivity index (χ2n) is 9.45. The Balaban J connectivity index is 1.60. The first-order chi connectivity index (χ1) is 18.2. The van der Waals surface area contributed by atoms with Crippen molar-refractivity contribution in [1.82, 2.24) is 19.9 Å². The molecule has 8 nitrogen and oxygen atoms in total. The van der Waals surface area contributed by atoms with Crippen molar-refractivity contribution in [1.29, 1.82) is 0 Å². The van der Waals surface area contributed by atoms with E-state index in [1.54, 1.807) is 0 Å². The minimum atomic E-state index is 0.720. The zero-order valence-corrected chi connectivity index (χ0v) is 22.6.